The molecule has 1 aliphatic heterocycles. The number of aliphatic hydroxyl groups is 1. The maximum Gasteiger partial charge on any atom is 0.167 e. The molecule has 183 valence electrons. The number of phenols is 2. The Bertz CT molecular complexity index is 1220. The van der Waals surface area contributed by atoms with Gasteiger partial charge in [0.05, 0.1) is 5.60 Å². The van der Waals surface area contributed by atoms with Crippen LogP contribution in [0.5, 0.6) is 11.5 Å². The second kappa shape index (κ2) is 9.80. The topological polar surface area (TPSA) is 81.0 Å². The molecule has 3 aromatic rings. The van der Waals surface area contributed by atoms with Gasteiger partial charge in [-0.15, -0.1) is 0 Å². The number of halogens is 1. The smallest absolute Gasteiger partial charge is 0.167 e. The lowest BCUT2D eigenvalue weighted by atomic mass is 9.67. The van der Waals surface area contributed by atoms with Crippen LogP contribution in [0.25, 0.3) is 0 Å². The van der Waals surface area contributed by atoms with Crippen molar-refractivity contribution in [2.75, 3.05) is 19.6 Å². The van der Waals surface area contributed by atoms with Gasteiger partial charge in [-0.2, -0.15) is 0 Å². The molecule has 1 aliphatic rings. The number of Topliss-reactive ketones (excluding diaryl/α,β-unsaturated/α-hetero) is 1. The Morgan fingerprint density at radius 2 is 1.86 bits per heavy atom. The fraction of sp³-hybridized carbons (Fsp3) is 0.345. The summed E-state index contributed by atoms with van der Waals surface area (Å²) in [5, 5.41) is 31.3. The Morgan fingerprint density at radius 3 is 2.54 bits per heavy atom. The zero-order valence-corrected chi connectivity index (χ0v) is 20.2. The second-order valence-electron chi connectivity index (χ2n) is 10.1. The number of hydrogen-bond donors (Lipinski definition) is 3. The third-order valence-electron chi connectivity index (χ3n) is 6.76. The lowest BCUT2D eigenvalue weighted by Gasteiger charge is -2.45. The molecule has 1 heterocycles. The van der Waals surface area contributed by atoms with E-state index in [0.717, 1.165) is 0 Å². The Balaban J connectivity index is 1.90. The monoisotopic (exact) mass is 476 g/mol. The van der Waals surface area contributed by atoms with Crippen LogP contribution in [0.2, 0.25) is 0 Å². The van der Waals surface area contributed by atoms with E-state index in [-0.39, 0.29) is 29.0 Å². The highest BCUT2D eigenvalue weighted by molar-refractivity contribution is 5.99. The molecule has 1 radical (unpaired) electrons. The summed E-state index contributed by atoms with van der Waals surface area (Å²) in [6.45, 7) is 6.23. The van der Waals surface area contributed by atoms with E-state index in [0.29, 0.717) is 41.9 Å². The molecular weight excluding hydrogens is 445 g/mol. The number of hydrogen-bond acceptors (Lipinski definition) is 5. The van der Waals surface area contributed by atoms with E-state index in [1.165, 1.54) is 18.2 Å². The van der Waals surface area contributed by atoms with E-state index in [4.69, 9.17) is 0 Å². The van der Waals surface area contributed by atoms with Crippen molar-refractivity contribution in [3.05, 3.63) is 94.8 Å². The molecule has 0 bridgehead atoms. The molecule has 0 amide bonds. The minimum atomic E-state index is -1.01. The largest absolute Gasteiger partial charge is 0.508 e. The van der Waals surface area contributed by atoms with Crippen LogP contribution < -0.4 is 0 Å². The van der Waals surface area contributed by atoms with Crippen LogP contribution in [0.3, 0.4) is 0 Å². The first-order valence-electron chi connectivity index (χ1n) is 11.8. The third kappa shape index (κ3) is 5.39. The van der Waals surface area contributed by atoms with E-state index in [9.17, 15) is 24.5 Å². The minimum Gasteiger partial charge on any atom is -0.508 e. The summed E-state index contributed by atoms with van der Waals surface area (Å²) in [5.41, 5.74) is 1.07. The molecule has 0 aromatic heterocycles. The minimum absolute atomic E-state index is 0.0101. The van der Waals surface area contributed by atoms with E-state index in [1.807, 2.05) is 11.0 Å². The van der Waals surface area contributed by atoms with Gasteiger partial charge in [0, 0.05) is 48.5 Å². The number of β-amino-alcohol motifs (C(OH)–C–C–N with tert-alkyl or cyclic N) is 1. The molecule has 3 aromatic carbocycles. The van der Waals surface area contributed by atoms with Gasteiger partial charge in [-0.05, 0) is 62.2 Å². The van der Waals surface area contributed by atoms with Gasteiger partial charge < -0.3 is 15.3 Å². The number of piperidine rings is 1. The van der Waals surface area contributed by atoms with Crippen LogP contribution >= 0.6 is 0 Å². The highest BCUT2D eigenvalue weighted by atomic mass is 19.1. The fourth-order valence-corrected chi connectivity index (χ4v) is 5.36. The molecule has 4 rings (SSSR count). The van der Waals surface area contributed by atoms with E-state index in [1.54, 1.807) is 57.2 Å². The highest BCUT2D eigenvalue weighted by Crippen LogP contribution is 2.47. The molecular formula is C29H31FNO4. The van der Waals surface area contributed by atoms with Crippen molar-refractivity contribution in [2.24, 2.45) is 5.92 Å². The maximum absolute atomic E-state index is 14.7. The number of phenolic OH excluding ortho intramolecular Hbond substituents is 2. The van der Waals surface area contributed by atoms with Gasteiger partial charge in [-0.3, -0.25) is 9.69 Å². The second-order valence-corrected chi connectivity index (χ2v) is 10.1. The summed E-state index contributed by atoms with van der Waals surface area (Å²) in [5.74, 6) is -1.96. The predicted molar refractivity (Wildman–Crippen MR) is 132 cm³/mol. The van der Waals surface area contributed by atoms with Crippen molar-refractivity contribution in [2.45, 2.75) is 38.2 Å². The van der Waals surface area contributed by atoms with Crippen LogP contribution in [0.1, 0.15) is 52.7 Å². The lowest BCUT2D eigenvalue weighted by Crippen LogP contribution is -2.51. The summed E-state index contributed by atoms with van der Waals surface area (Å²) < 4.78 is 14.7. The Hall–Kier alpha value is -3.22. The van der Waals surface area contributed by atoms with E-state index in [2.05, 4.69) is 6.07 Å². The van der Waals surface area contributed by atoms with Crippen molar-refractivity contribution in [3.8, 4) is 11.5 Å². The summed E-state index contributed by atoms with van der Waals surface area (Å²) in [6, 6.07) is 19.2. The number of carbonyl (C=O) groups excluding carboxylic acids is 1. The highest BCUT2D eigenvalue weighted by Gasteiger charge is 2.44. The van der Waals surface area contributed by atoms with Crippen molar-refractivity contribution in [1.82, 2.24) is 4.90 Å². The molecule has 35 heavy (non-hydrogen) atoms. The molecule has 0 unspecified atom stereocenters. The maximum atomic E-state index is 14.7. The summed E-state index contributed by atoms with van der Waals surface area (Å²) in [7, 11) is 0. The number of aromatic hydroxyl groups is 2. The van der Waals surface area contributed by atoms with Crippen molar-refractivity contribution in [1.29, 1.82) is 0 Å². The quantitative estimate of drug-likeness (QED) is 0.446. The van der Waals surface area contributed by atoms with Gasteiger partial charge in [0.2, 0.25) is 0 Å². The molecule has 0 saturated carbocycles. The Morgan fingerprint density at radius 1 is 1.11 bits per heavy atom. The first-order valence-corrected chi connectivity index (χ1v) is 11.8. The number of carbonyl (C=O) groups is 1. The van der Waals surface area contributed by atoms with Crippen molar-refractivity contribution < 1.29 is 24.5 Å². The number of benzene rings is 3. The molecule has 0 spiro atoms. The Labute approximate surface area is 205 Å². The standard InChI is InChI=1S/C29H31FNO4/c1-18-21(11-7-12-25(18)30)27-23(22-10-4-5-13-26(22)33)15-31(17-29(2,3)35)16-24(27)28(34)19-8-6-9-20(32)14-19/h4-9,11-14,23-24,27,32-33,35H,15-17H2,1-3H3/t23-,24+,27-/m1/s1. The molecule has 1 saturated heterocycles. The summed E-state index contributed by atoms with van der Waals surface area (Å²) >= 11 is 0. The third-order valence-corrected chi connectivity index (χ3v) is 6.76. The van der Waals surface area contributed by atoms with E-state index >= 15 is 0 Å². The van der Waals surface area contributed by atoms with Crippen molar-refractivity contribution >= 4 is 5.78 Å². The van der Waals surface area contributed by atoms with Crippen LogP contribution in [-0.4, -0.2) is 51.2 Å². The van der Waals surface area contributed by atoms with Gasteiger partial charge in [0.25, 0.3) is 0 Å². The molecule has 1 fully saturated rings. The molecule has 3 atom stereocenters. The first kappa shape index (κ1) is 24.9. The van der Waals surface area contributed by atoms with Gasteiger partial charge in [0.15, 0.2) is 5.78 Å². The van der Waals surface area contributed by atoms with Crippen LogP contribution in [0.4, 0.5) is 4.39 Å². The normalized spacial score (nSPS) is 21.1. The van der Waals surface area contributed by atoms with Gasteiger partial charge in [-0.25, -0.2) is 4.39 Å². The number of likely N-dealkylation sites (tertiary alicyclic amines) is 1. The first-order chi connectivity index (χ1) is 16.5. The lowest BCUT2D eigenvalue weighted by molar-refractivity contribution is 0.0130. The van der Waals surface area contributed by atoms with Gasteiger partial charge in [0.1, 0.15) is 17.3 Å². The molecule has 6 heteroatoms. The fourth-order valence-electron chi connectivity index (χ4n) is 5.36. The van der Waals surface area contributed by atoms with Crippen LogP contribution in [0, 0.1) is 24.7 Å². The van der Waals surface area contributed by atoms with Gasteiger partial charge >= 0.3 is 0 Å². The molecule has 0 aliphatic carbocycles. The average molecular weight is 477 g/mol. The molecule has 5 nitrogen and oxygen atoms in total. The Kier molecular flexibility index (Phi) is 6.97. The van der Waals surface area contributed by atoms with Crippen LogP contribution in [0.15, 0.2) is 60.7 Å². The number of nitrogens with zero attached hydrogens (tertiary/aromatic N) is 1. The summed E-state index contributed by atoms with van der Waals surface area (Å²) in [4.78, 5) is 16.0. The number of rotatable bonds is 6. The van der Waals surface area contributed by atoms with Crippen LogP contribution in [-0.2, 0) is 0 Å². The summed E-state index contributed by atoms with van der Waals surface area (Å²) in [6.07, 6.45) is 0. The average Bonchev–Trinajstić information content (AvgIpc) is 2.79. The predicted octanol–water partition coefficient (Wildman–Crippen LogP) is 4.80. The zero-order chi connectivity index (χ0) is 25.3. The van der Waals surface area contributed by atoms with Crippen molar-refractivity contribution in [3.63, 3.8) is 0 Å². The zero-order valence-electron chi connectivity index (χ0n) is 20.2. The van der Waals surface area contributed by atoms with Gasteiger partial charge in [-0.1, -0.05) is 36.4 Å². The van der Waals surface area contributed by atoms with E-state index < -0.39 is 17.4 Å². The SMILES string of the molecule is Cc1c(F)cccc1[C@H]1[C@@H](C(=O)c2cccc(O)c2)CN(CC(C)(C)O)C[C@@H]1c1[c]cccc1O. The number of ketones is 1. The molecule has 3 N–H and O–H groups in total.